The van der Waals surface area contributed by atoms with E-state index in [2.05, 4.69) is 26.5 Å². The molecule has 31 heteroatoms. The van der Waals surface area contributed by atoms with Crippen LogP contribution < -0.4 is 37.2 Å². The van der Waals surface area contributed by atoms with E-state index in [1.807, 2.05) is 28.2 Å². The molecule has 0 unspecified atom stereocenters. The first-order valence-electron chi connectivity index (χ1n) is 21.0. The Labute approximate surface area is 382 Å². The van der Waals surface area contributed by atoms with Crippen molar-refractivity contribution in [3.63, 3.8) is 0 Å². The first kappa shape index (κ1) is 60.4. The van der Waals surface area contributed by atoms with Crippen molar-refractivity contribution in [1.82, 2.24) is 37.2 Å². The van der Waals surface area contributed by atoms with Gasteiger partial charge in [-0.25, -0.2) is 9.59 Å². The largest absolute Gasteiger partial charge is 0.597 e. The third-order valence-electron chi connectivity index (χ3n) is 9.50. The van der Waals surface area contributed by atoms with E-state index in [0.29, 0.717) is 12.8 Å². The Morgan fingerprint density at radius 1 is 0.552 bits per heavy atom. The van der Waals surface area contributed by atoms with Crippen LogP contribution in [0.3, 0.4) is 0 Å². The van der Waals surface area contributed by atoms with Gasteiger partial charge >= 0.3 is 11.9 Å². The SMILES string of the molecule is CCCCCCC[C@@H](O)CC(=O)NCC(=O)N[C@H](C(=O)N[C@@H](CO)C(=O)N[C@H](C(=O)N[C@H](CCC[N+]([O-])=NO)C(=O)N[C@H](CO)C(=O)N[C@H](CCC[N+]([O-])=NO)C(=O)O)[C@H](C)O)[C@H](O)C(=O)O. The molecule has 0 rings (SSSR count). The van der Waals surface area contributed by atoms with E-state index in [1.165, 1.54) is 0 Å². The Balaban J connectivity index is 6.01. The molecule has 0 aromatic carbocycles. The minimum Gasteiger partial charge on any atom is -0.597 e. The second-order valence-corrected chi connectivity index (χ2v) is 15.0. The topological polar surface area (TPSA) is 497 Å². The zero-order valence-corrected chi connectivity index (χ0v) is 36.8. The normalized spacial score (nSPS) is 15.7. The van der Waals surface area contributed by atoms with Crippen LogP contribution in [0.2, 0.25) is 0 Å². The van der Waals surface area contributed by atoms with Gasteiger partial charge in [-0.2, -0.15) is 0 Å². The smallest absolute Gasteiger partial charge is 0.335 e. The minimum absolute atomic E-state index is 0.169. The number of hydrogen-bond acceptors (Lipinski definition) is 18. The number of amides is 7. The van der Waals surface area contributed by atoms with Gasteiger partial charge in [-0.1, -0.05) is 48.7 Å². The number of carboxylic acids is 2. The summed E-state index contributed by atoms with van der Waals surface area (Å²) in [5, 5.41) is 128. The summed E-state index contributed by atoms with van der Waals surface area (Å²) in [5.74, 6) is -12.6. The fourth-order valence-corrected chi connectivity index (χ4v) is 5.80. The van der Waals surface area contributed by atoms with Gasteiger partial charge in [0, 0.05) is 12.8 Å². The number of hydrogen-bond donors (Lipinski definition) is 16. The average Bonchev–Trinajstić information content (AvgIpc) is 3.28. The highest BCUT2D eigenvalue weighted by molar-refractivity contribution is 5.98. The highest BCUT2D eigenvalue weighted by atomic mass is 16.6. The predicted octanol–water partition coefficient (Wildman–Crippen LogP) is -5.72. The molecule has 0 saturated heterocycles. The number of carbonyl (C=O) groups excluding carboxylic acids is 7. The zero-order valence-electron chi connectivity index (χ0n) is 36.8. The Hall–Kier alpha value is -6.57. The van der Waals surface area contributed by atoms with Crippen LogP contribution in [0.25, 0.3) is 0 Å². The van der Waals surface area contributed by atoms with Crippen LogP contribution in [0.5, 0.6) is 0 Å². The molecule has 0 heterocycles. The summed E-state index contributed by atoms with van der Waals surface area (Å²) in [4.78, 5) is 114. The number of unbranched alkanes of at least 4 members (excludes halogenated alkanes) is 4. The molecule has 0 saturated carbocycles. The molecule has 0 bridgehead atoms. The number of nitrogens with one attached hydrogen (secondary N) is 7. The molecule has 0 aromatic rings. The third-order valence-corrected chi connectivity index (χ3v) is 9.50. The van der Waals surface area contributed by atoms with Gasteiger partial charge in [0.25, 0.3) is 0 Å². The maximum absolute atomic E-state index is 13.5. The van der Waals surface area contributed by atoms with E-state index >= 15 is 0 Å². The van der Waals surface area contributed by atoms with Gasteiger partial charge in [0.2, 0.25) is 41.4 Å². The van der Waals surface area contributed by atoms with Gasteiger partial charge in [0.1, 0.15) is 36.3 Å². The van der Waals surface area contributed by atoms with E-state index < -0.39 is 147 Å². The van der Waals surface area contributed by atoms with Crippen LogP contribution in [-0.4, -0.2) is 197 Å². The highest BCUT2D eigenvalue weighted by Gasteiger charge is 2.38. The second-order valence-electron chi connectivity index (χ2n) is 15.0. The molecule has 7 amide bonds. The summed E-state index contributed by atoms with van der Waals surface area (Å²) >= 11 is 0. The molecule has 382 valence electrons. The molecule has 0 aliphatic heterocycles. The number of aliphatic hydroxyl groups excluding tert-OH is 5. The Morgan fingerprint density at radius 3 is 1.51 bits per heavy atom. The van der Waals surface area contributed by atoms with Crippen molar-refractivity contribution in [3.05, 3.63) is 10.4 Å². The van der Waals surface area contributed by atoms with Crippen molar-refractivity contribution >= 4 is 53.3 Å². The zero-order chi connectivity index (χ0) is 51.2. The van der Waals surface area contributed by atoms with Crippen molar-refractivity contribution in [2.75, 3.05) is 32.8 Å². The first-order chi connectivity index (χ1) is 31.6. The number of hydroxylamine groups is 2. The van der Waals surface area contributed by atoms with E-state index in [9.17, 15) is 89.3 Å². The Kier molecular flexibility index (Phi) is 29.8. The molecular weight excluding hydrogens is 906 g/mol. The van der Waals surface area contributed by atoms with Gasteiger partial charge in [-0.05, 0) is 26.2 Å². The number of carboxylic acid groups (broad SMARTS) is 2. The molecule has 0 spiro atoms. The van der Waals surface area contributed by atoms with Crippen LogP contribution in [0.15, 0.2) is 10.6 Å². The first-order valence-corrected chi connectivity index (χ1v) is 21.0. The van der Waals surface area contributed by atoms with E-state index in [0.717, 1.165) is 32.6 Å². The quantitative estimate of drug-likeness (QED) is 0.0122. The summed E-state index contributed by atoms with van der Waals surface area (Å²) in [6.45, 7) is -1.37. The van der Waals surface area contributed by atoms with Gasteiger partial charge in [-0.3, -0.25) is 33.6 Å². The molecule has 0 aromatic heterocycles. The summed E-state index contributed by atoms with van der Waals surface area (Å²) in [5.41, 5.74) is 0. The summed E-state index contributed by atoms with van der Waals surface area (Å²) in [6.07, 6.45) is -2.57. The highest BCUT2D eigenvalue weighted by Crippen LogP contribution is 2.10. The molecule has 0 fully saturated rings. The number of carbonyl (C=O) groups is 9. The van der Waals surface area contributed by atoms with Crippen molar-refractivity contribution in [1.29, 1.82) is 0 Å². The lowest BCUT2D eigenvalue weighted by Gasteiger charge is -2.28. The summed E-state index contributed by atoms with van der Waals surface area (Å²) < 4.78 is 0. The molecule has 0 aliphatic rings. The summed E-state index contributed by atoms with van der Waals surface area (Å²) in [6, 6.07) is -11.9. The number of aliphatic carboxylic acids is 2. The predicted molar refractivity (Wildman–Crippen MR) is 220 cm³/mol. The molecule has 67 heavy (non-hydrogen) atoms. The average molecular weight is 970 g/mol. The second kappa shape index (κ2) is 33.0. The monoisotopic (exact) mass is 969 g/mol. The van der Waals surface area contributed by atoms with Crippen LogP contribution in [0.1, 0.15) is 84.5 Å². The van der Waals surface area contributed by atoms with Crippen LogP contribution >= 0.6 is 0 Å². The molecule has 31 nitrogen and oxygen atoms in total. The number of rotatable bonds is 35. The molecular formula is C36H63N11O20. The fraction of sp³-hybridized carbons (Fsp3) is 0.750. The molecule has 9 atom stereocenters. The fourth-order valence-electron chi connectivity index (χ4n) is 5.80. The molecule has 0 radical (unpaired) electrons. The van der Waals surface area contributed by atoms with Crippen molar-refractivity contribution in [3.8, 4) is 0 Å². The molecule has 16 N–H and O–H groups in total. The maximum atomic E-state index is 13.5. The number of aliphatic hydroxyl groups is 5. The Bertz CT molecular complexity index is 1700. The van der Waals surface area contributed by atoms with Gasteiger partial charge in [-0.15, -0.1) is 0 Å². The standard InChI is InChI=1S/C36H63N11O20/c1-3-4-5-6-7-10-20(51)15-25(52)37-16-26(53)42-28(29(54)36(62)63)34(59)41-24(18-49)32(57)43-27(19(2)50)33(58)38-21(11-8-13-46(66)44-64)30(55)40-23(17-48)31(56)39-22(35(60)61)12-9-14-47(67)45-65/h19-24,27-29,48-51,54,64-65H,3-18H2,1-2H3,(H,37,52)(H,38,58)(H,39,56)(H,40,55)(H,41,59)(H,42,53)(H,43,57)(H,60,61)(H,62,63)/t19-,20+,21+,22+,23+,24-,27-,28-,29-/m0/s1. The number of nitrogens with zero attached hydrogens (tertiary/aromatic N) is 4. The van der Waals surface area contributed by atoms with E-state index in [1.54, 1.807) is 0 Å². The summed E-state index contributed by atoms with van der Waals surface area (Å²) in [7, 11) is 0. The van der Waals surface area contributed by atoms with Crippen LogP contribution in [-0.2, 0) is 43.2 Å². The lowest BCUT2D eigenvalue weighted by atomic mass is 10.1. The lowest BCUT2D eigenvalue weighted by Crippen LogP contribution is -2.63. The van der Waals surface area contributed by atoms with Crippen molar-refractivity contribution < 1.29 is 99.0 Å². The van der Waals surface area contributed by atoms with Gasteiger partial charge in [0.05, 0.1) is 38.4 Å². The van der Waals surface area contributed by atoms with Gasteiger partial charge < -0.3 is 93.8 Å². The molecule has 0 aliphatic carbocycles. The van der Waals surface area contributed by atoms with Crippen LogP contribution in [0.4, 0.5) is 0 Å². The van der Waals surface area contributed by atoms with E-state index in [4.69, 9.17) is 10.4 Å². The Morgan fingerprint density at radius 2 is 1.01 bits per heavy atom. The van der Waals surface area contributed by atoms with Gasteiger partial charge in [0.15, 0.2) is 29.7 Å². The van der Waals surface area contributed by atoms with E-state index in [-0.39, 0.29) is 35.4 Å². The van der Waals surface area contributed by atoms with Crippen molar-refractivity contribution in [2.24, 2.45) is 10.6 Å². The van der Waals surface area contributed by atoms with Crippen molar-refractivity contribution in [2.45, 2.75) is 139 Å². The minimum atomic E-state index is -2.67. The third kappa shape index (κ3) is 24.5. The maximum Gasteiger partial charge on any atom is 0.335 e. The lowest BCUT2D eigenvalue weighted by molar-refractivity contribution is -0.556. The van der Waals surface area contributed by atoms with Crippen LogP contribution in [0, 0.1) is 10.4 Å².